The van der Waals surface area contributed by atoms with Crippen LogP contribution in [0.2, 0.25) is 0 Å². The quantitative estimate of drug-likeness (QED) is 0.835. The number of aryl methyl sites for hydroxylation is 1. The summed E-state index contributed by atoms with van der Waals surface area (Å²) in [5.41, 5.74) is 7.02. The molecule has 1 aliphatic heterocycles. The minimum atomic E-state index is -0.516. The number of nitrogens with two attached hydrogens (primary N) is 1. The molecule has 1 fully saturated rings. The molecule has 3 N–H and O–H groups in total. The lowest BCUT2D eigenvalue weighted by Crippen LogP contribution is -2.30. The van der Waals surface area contributed by atoms with Crippen molar-refractivity contribution in [3.8, 4) is 0 Å². The predicted octanol–water partition coefficient (Wildman–Crippen LogP) is 1.28. The Morgan fingerprint density at radius 2 is 2.24 bits per heavy atom. The van der Waals surface area contributed by atoms with Crippen molar-refractivity contribution in [3.05, 3.63) is 21.4 Å². The first-order valence-electron chi connectivity index (χ1n) is 6.02. The summed E-state index contributed by atoms with van der Waals surface area (Å²) in [5.74, 6) is -0.516. The normalized spacial score (nSPS) is 23.9. The average Bonchev–Trinajstić information content (AvgIpc) is 2.96. The van der Waals surface area contributed by atoms with E-state index in [1.165, 1.54) is 4.88 Å². The first-order valence-corrected chi connectivity index (χ1v) is 6.84. The van der Waals surface area contributed by atoms with Crippen molar-refractivity contribution in [2.75, 3.05) is 19.8 Å². The SMILES string of the molecule is NC(CO)c1cc2c(s1)CCCC21OCCO1. The van der Waals surface area contributed by atoms with Gasteiger partial charge in [0.15, 0.2) is 5.79 Å². The molecule has 1 aromatic rings. The summed E-state index contributed by atoms with van der Waals surface area (Å²) in [6.07, 6.45) is 3.07. The molecule has 5 heteroatoms. The number of thiophene rings is 1. The fraction of sp³-hybridized carbons (Fsp3) is 0.667. The third kappa shape index (κ3) is 1.82. The molecule has 1 aromatic heterocycles. The molecular weight excluding hydrogens is 238 g/mol. The van der Waals surface area contributed by atoms with E-state index in [1.54, 1.807) is 11.3 Å². The Balaban J connectivity index is 1.99. The third-order valence-electron chi connectivity index (χ3n) is 3.46. The van der Waals surface area contributed by atoms with Gasteiger partial charge >= 0.3 is 0 Å². The zero-order valence-corrected chi connectivity index (χ0v) is 10.5. The van der Waals surface area contributed by atoms with Crippen molar-refractivity contribution in [2.24, 2.45) is 5.73 Å². The average molecular weight is 255 g/mol. The molecule has 3 rings (SSSR count). The topological polar surface area (TPSA) is 64.7 Å². The van der Waals surface area contributed by atoms with Crippen molar-refractivity contribution < 1.29 is 14.6 Å². The van der Waals surface area contributed by atoms with Crippen molar-refractivity contribution in [1.29, 1.82) is 0 Å². The van der Waals surface area contributed by atoms with E-state index in [2.05, 4.69) is 6.07 Å². The van der Waals surface area contributed by atoms with Crippen LogP contribution in [0.25, 0.3) is 0 Å². The number of aliphatic hydroxyl groups is 1. The van der Waals surface area contributed by atoms with E-state index in [1.807, 2.05) is 0 Å². The lowest BCUT2D eigenvalue weighted by atomic mass is 9.92. The standard InChI is InChI=1S/C12H17NO3S/c13-9(7-14)11-6-8-10(17-11)2-1-3-12(8)15-4-5-16-12/h6,9,14H,1-5,7,13H2. The predicted molar refractivity (Wildman–Crippen MR) is 64.9 cm³/mol. The highest BCUT2D eigenvalue weighted by Gasteiger charge is 2.43. The van der Waals surface area contributed by atoms with Gasteiger partial charge in [0.1, 0.15) is 0 Å². The fourth-order valence-corrected chi connectivity index (χ4v) is 3.86. The van der Waals surface area contributed by atoms with Crippen LogP contribution < -0.4 is 5.73 Å². The van der Waals surface area contributed by atoms with Gasteiger partial charge in [-0.3, -0.25) is 0 Å². The van der Waals surface area contributed by atoms with Gasteiger partial charge in [0.25, 0.3) is 0 Å². The summed E-state index contributed by atoms with van der Waals surface area (Å²) >= 11 is 1.68. The third-order valence-corrected chi connectivity index (χ3v) is 4.79. The minimum absolute atomic E-state index is 0.0197. The summed E-state index contributed by atoms with van der Waals surface area (Å²) in [7, 11) is 0. The van der Waals surface area contributed by atoms with Crippen molar-refractivity contribution in [2.45, 2.75) is 31.1 Å². The highest BCUT2D eigenvalue weighted by atomic mass is 32.1. The molecule has 0 radical (unpaired) electrons. The number of fused-ring (bicyclic) bond motifs is 2. The molecule has 0 amide bonds. The van der Waals surface area contributed by atoms with Gasteiger partial charge in [-0.15, -0.1) is 11.3 Å². The van der Waals surface area contributed by atoms with Crippen molar-refractivity contribution in [3.63, 3.8) is 0 Å². The molecule has 0 saturated carbocycles. The molecule has 1 spiro atoms. The Labute approximate surface area is 104 Å². The van der Waals surface area contributed by atoms with E-state index in [4.69, 9.17) is 20.3 Å². The van der Waals surface area contributed by atoms with Gasteiger partial charge in [0.05, 0.1) is 25.9 Å². The number of aliphatic hydroxyl groups excluding tert-OH is 1. The van der Waals surface area contributed by atoms with Crippen LogP contribution >= 0.6 is 11.3 Å². The first kappa shape index (κ1) is 11.6. The summed E-state index contributed by atoms with van der Waals surface area (Å²) in [4.78, 5) is 2.33. The van der Waals surface area contributed by atoms with Gasteiger partial charge < -0.3 is 20.3 Å². The van der Waals surface area contributed by atoms with Crippen molar-refractivity contribution in [1.82, 2.24) is 0 Å². The summed E-state index contributed by atoms with van der Waals surface area (Å²) in [6, 6.07) is 1.77. The van der Waals surface area contributed by atoms with E-state index >= 15 is 0 Å². The Hall–Kier alpha value is -0.460. The van der Waals surface area contributed by atoms with Gasteiger partial charge in [0, 0.05) is 21.7 Å². The molecule has 17 heavy (non-hydrogen) atoms. The zero-order chi connectivity index (χ0) is 11.9. The minimum Gasteiger partial charge on any atom is -0.394 e. The van der Waals surface area contributed by atoms with E-state index in [0.29, 0.717) is 13.2 Å². The lowest BCUT2D eigenvalue weighted by molar-refractivity contribution is -0.175. The van der Waals surface area contributed by atoms with Gasteiger partial charge in [-0.2, -0.15) is 0 Å². The fourth-order valence-electron chi connectivity index (χ4n) is 2.60. The van der Waals surface area contributed by atoms with Gasteiger partial charge in [-0.1, -0.05) is 0 Å². The largest absolute Gasteiger partial charge is 0.394 e. The number of ether oxygens (including phenoxy) is 2. The monoisotopic (exact) mass is 255 g/mol. The maximum absolute atomic E-state index is 9.13. The Morgan fingerprint density at radius 1 is 1.47 bits per heavy atom. The summed E-state index contributed by atoms with van der Waals surface area (Å²) < 4.78 is 11.6. The highest BCUT2D eigenvalue weighted by molar-refractivity contribution is 7.12. The second-order valence-electron chi connectivity index (χ2n) is 4.58. The van der Waals surface area contributed by atoms with E-state index in [9.17, 15) is 0 Å². The molecule has 1 saturated heterocycles. The Morgan fingerprint density at radius 3 is 2.94 bits per heavy atom. The highest BCUT2D eigenvalue weighted by Crippen LogP contribution is 2.45. The second kappa shape index (κ2) is 4.33. The second-order valence-corrected chi connectivity index (χ2v) is 5.75. The van der Waals surface area contributed by atoms with Crippen LogP contribution in [0.1, 0.15) is 34.2 Å². The molecule has 2 aliphatic rings. The van der Waals surface area contributed by atoms with E-state index < -0.39 is 5.79 Å². The molecule has 0 aromatic carbocycles. The van der Waals surface area contributed by atoms with Gasteiger partial charge in [-0.25, -0.2) is 0 Å². The molecular formula is C12H17NO3S. The van der Waals surface area contributed by atoms with Crippen LogP contribution in [0.3, 0.4) is 0 Å². The van der Waals surface area contributed by atoms with Crippen LogP contribution in [0.4, 0.5) is 0 Å². The van der Waals surface area contributed by atoms with Crippen LogP contribution in [-0.4, -0.2) is 24.9 Å². The first-order chi connectivity index (χ1) is 8.25. The molecule has 1 atom stereocenters. The number of hydrogen-bond acceptors (Lipinski definition) is 5. The van der Waals surface area contributed by atoms with Gasteiger partial charge in [-0.05, 0) is 18.9 Å². The van der Waals surface area contributed by atoms with Gasteiger partial charge in [0.2, 0.25) is 0 Å². The van der Waals surface area contributed by atoms with Crippen LogP contribution in [0, 0.1) is 0 Å². The Bertz CT molecular complexity index is 412. The molecule has 0 bridgehead atoms. The molecule has 1 aliphatic carbocycles. The molecule has 94 valence electrons. The Kier molecular flexibility index (Phi) is 2.96. The lowest BCUT2D eigenvalue weighted by Gasteiger charge is -2.31. The summed E-state index contributed by atoms with van der Waals surface area (Å²) in [5, 5.41) is 9.13. The van der Waals surface area contributed by atoms with E-state index in [0.717, 1.165) is 29.7 Å². The molecule has 1 unspecified atom stereocenters. The summed E-state index contributed by atoms with van der Waals surface area (Å²) in [6.45, 7) is 1.31. The maximum atomic E-state index is 9.13. The smallest absolute Gasteiger partial charge is 0.196 e. The molecule has 4 nitrogen and oxygen atoms in total. The van der Waals surface area contributed by atoms with Crippen LogP contribution in [-0.2, 0) is 21.7 Å². The molecule has 2 heterocycles. The number of hydrogen-bond donors (Lipinski definition) is 2. The van der Waals surface area contributed by atoms with Crippen LogP contribution in [0.5, 0.6) is 0 Å². The van der Waals surface area contributed by atoms with Crippen LogP contribution in [0.15, 0.2) is 6.07 Å². The maximum Gasteiger partial charge on any atom is 0.196 e. The van der Waals surface area contributed by atoms with E-state index in [-0.39, 0.29) is 12.6 Å². The number of rotatable bonds is 2. The zero-order valence-electron chi connectivity index (χ0n) is 9.65. The van der Waals surface area contributed by atoms with Crippen molar-refractivity contribution >= 4 is 11.3 Å².